The largest absolute Gasteiger partial charge is 0.309 e. The van der Waals surface area contributed by atoms with E-state index in [0.29, 0.717) is 6.04 Å². The molecule has 0 aliphatic carbocycles. The fourth-order valence-corrected chi connectivity index (χ4v) is 3.68. The van der Waals surface area contributed by atoms with Gasteiger partial charge in [0, 0.05) is 24.2 Å². The van der Waals surface area contributed by atoms with Crippen molar-refractivity contribution in [1.82, 2.24) is 15.1 Å². The van der Waals surface area contributed by atoms with Crippen LogP contribution in [0.4, 0.5) is 0 Å². The molecule has 2 aromatic rings. The summed E-state index contributed by atoms with van der Waals surface area (Å²) in [4.78, 5) is 1.27. The van der Waals surface area contributed by atoms with Crippen LogP contribution in [-0.4, -0.2) is 16.3 Å². The second-order valence-electron chi connectivity index (χ2n) is 5.16. The molecule has 1 N–H and O–H groups in total. The van der Waals surface area contributed by atoms with Gasteiger partial charge in [0.2, 0.25) is 0 Å². The molecule has 0 fully saturated rings. The second-order valence-corrected chi connectivity index (χ2v) is 6.45. The molecule has 0 aliphatic rings. The van der Waals surface area contributed by atoms with Gasteiger partial charge in [-0.1, -0.05) is 18.5 Å². The average molecular weight is 312 g/mol. The molecule has 20 heavy (non-hydrogen) atoms. The lowest BCUT2D eigenvalue weighted by Crippen LogP contribution is -2.22. The van der Waals surface area contributed by atoms with Gasteiger partial charge in [-0.05, 0) is 49.2 Å². The van der Waals surface area contributed by atoms with E-state index in [1.54, 1.807) is 11.3 Å². The van der Waals surface area contributed by atoms with E-state index in [4.69, 9.17) is 11.6 Å². The number of hydrogen-bond acceptors (Lipinski definition) is 3. The number of aryl methyl sites for hydroxylation is 3. The molecule has 2 heterocycles. The van der Waals surface area contributed by atoms with Gasteiger partial charge in [-0.2, -0.15) is 5.10 Å². The first-order valence-corrected chi connectivity index (χ1v) is 8.32. The van der Waals surface area contributed by atoms with Crippen molar-refractivity contribution in [2.75, 3.05) is 6.54 Å². The van der Waals surface area contributed by atoms with Crippen LogP contribution >= 0.6 is 22.9 Å². The Morgan fingerprint density at radius 1 is 1.50 bits per heavy atom. The lowest BCUT2D eigenvalue weighted by molar-refractivity contribution is 0.506. The monoisotopic (exact) mass is 311 g/mol. The molecule has 1 unspecified atom stereocenters. The Morgan fingerprint density at radius 2 is 2.30 bits per heavy atom. The van der Waals surface area contributed by atoms with Crippen LogP contribution in [0.1, 0.15) is 41.8 Å². The highest BCUT2D eigenvalue weighted by Gasteiger charge is 2.17. The molecule has 2 aromatic heterocycles. The number of hydrogen-bond donors (Lipinski definition) is 1. The Labute approximate surface area is 130 Å². The van der Waals surface area contributed by atoms with Gasteiger partial charge in [-0.25, -0.2) is 0 Å². The first kappa shape index (κ1) is 15.5. The highest BCUT2D eigenvalue weighted by atomic mass is 35.5. The van der Waals surface area contributed by atoms with Crippen LogP contribution in [0.25, 0.3) is 0 Å². The molecular formula is C15H22ClN3S. The van der Waals surface area contributed by atoms with Crippen molar-refractivity contribution in [2.24, 2.45) is 7.05 Å². The van der Waals surface area contributed by atoms with Crippen molar-refractivity contribution >= 4 is 22.9 Å². The normalized spacial score (nSPS) is 12.8. The quantitative estimate of drug-likeness (QED) is 0.833. The maximum atomic E-state index is 6.42. The van der Waals surface area contributed by atoms with Crippen LogP contribution in [0.5, 0.6) is 0 Å². The minimum absolute atomic E-state index is 0.335. The van der Waals surface area contributed by atoms with E-state index < -0.39 is 0 Å². The third-order valence-corrected chi connectivity index (χ3v) is 5.19. The van der Waals surface area contributed by atoms with E-state index in [1.165, 1.54) is 16.0 Å². The Kier molecular flexibility index (Phi) is 5.64. The molecule has 2 rings (SSSR count). The third-order valence-electron chi connectivity index (χ3n) is 3.36. The number of thiophene rings is 1. The van der Waals surface area contributed by atoms with Crippen LogP contribution in [0.3, 0.4) is 0 Å². The fraction of sp³-hybridized carbons (Fsp3) is 0.533. The smallest absolute Gasteiger partial charge is 0.0590 e. The lowest BCUT2D eigenvalue weighted by Gasteiger charge is -2.17. The van der Waals surface area contributed by atoms with E-state index in [1.807, 2.05) is 17.9 Å². The number of aromatic nitrogens is 2. The molecule has 1 atom stereocenters. The van der Waals surface area contributed by atoms with Gasteiger partial charge in [0.05, 0.1) is 11.2 Å². The van der Waals surface area contributed by atoms with Crippen molar-refractivity contribution in [3.8, 4) is 0 Å². The fourth-order valence-electron chi connectivity index (χ4n) is 2.24. The number of nitrogens with zero attached hydrogens (tertiary/aromatic N) is 2. The van der Waals surface area contributed by atoms with Crippen molar-refractivity contribution in [1.29, 1.82) is 0 Å². The lowest BCUT2D eigenvalue weighted by atomic mass is 10.1. The molecule has 0 spiro atoms. The first-order valence-electron chi connectivity index (χ1n) is 7.06. The summed E-state index contributed by atoms with van der Waals surface area (Å²) >= 11 is 8.18. The molecule has 0 radical (unpaired) electrons. The summed E-state index contributed by atoms with van der Waals surface area (Å²) in [5.74, 6) is 0. The summed E-state index contributed by atoms with van der Waals surface area (Å²) in [6.45, 7) is 5.28. The van der Waals surface area contributed by atoms with Gasteiger partial charge >= 0.3 is 0 Å². The zero-order valence-corrected chi connectivity index (χ0v) is 13.9. The zero-order valence-electron chi connectivity index (χ0n) is 12.3. The van der Waals surface area contributed by atoms with E-state index >= 15 is 0 Å². The van der Waals surface area contributed by atoms with E-state index in [0.717, 1.165) is 30.8 Å². The Balaban J connectivity index is 2.05. The predicted octanol–water partition coefficient (Wildman–Crippen LogP) is 4.12. The van der Waals surface area contributed by atoms with Crippen LogP contribution in [0, 0.1) is 6.92 Å². The van der Waals surface area contributed by atoms with Gasteiger partial charge in [0.15, 0.2) is 0 Å². The maximum Gasteiger partial charge on any atom is 0.0590 e. The van der Waals surface area contributed by atoms with Gasteiger partial charge in [0.25, 0.3) is 0 Å². The van der Waals surface area contributed by atoms with Crippen molar-refractivity contribution in [3.05, 3.63) is 38.8 Å². The standard InChI is InChI=1S/C15H22ClN3S/c1-4-7-17-13(15-14(16)11(2)10-20-15)6-5-12-8-18-19(3)9-12/h8-10,13,17H,4-7H2,1-3H3. The minimum atomic E-state index is 0.335. The van der Waals surface area contributed by atoms with E-state index in [2.05, 4.69) is 35.8 Å². The Morgan fingerprint density at radius 3 is 2.85 bits per heavy atom. The van der Waals surface area contributed by atoms with Gasteiger partial charge in [-0.3, -0.25) is 4.68 Å². The second kappa shape index (κ2) is 7.25. The third kappa shape index (κ3) is 3.84. The zero-order chi connectivity index (χ0) is 14.5. The first-order chi connectivity index (χ1) is 9.61. The van der Waals surface area contributed by atoms with Crippen LogP contribution < -0.4 is 5.32 Å². The molecule has 3 nitrogen and oxygen atoms in total. The van der Waals surface area contributed by atoms with Crippen molar-refractivity contribution in [3.63, 3.8) is 0 Å². The summed E-state index contributed by atoms with van der Waals surface area (Å²) < 4.78 is 1.85. The molecule has 110 valence electrons. The highest BCUT2D eigenvalue weighted by Crippen LogP contribution is 2.34. The van der Waals surface area contributed by atoms with Crippen molar-refractivity contribution < 1.29 is 0 Å². The molecule has 0 aliphatic heterocycles. The SMILES string of the molecule is CCCNC(CCc1cnn(C)c1)c1scc(C)c1Cl. The van der Waals surface area contributed by atoms with E-state index in [-0.39, 0.29) is 0 Å². The molecule has 0 saturated heterocycles. The van der Waals surface area contributed by atoms with Crippen molar-refractivity contribution in [2.45, 2.75) is 39.2 Å². The Hall–Kier alpha value is -0.840. The molecule has 5 heteroatoms. The summed E-state index contributed by atoms with van der Waals surface area (Å²) in [5.41, 5.74) is 2.46. The van der Waals surface area contributed by atoms with E-state index in [9.17, 15) is 0 Å². The summed E-state index contributed by atoms with van der Waals surface area (Å²) in [7, 11) is 1.95. The average Bonchev–Trinajstić information content (AvgIpc) is 2.98. The highest BCUT2D eigenvalue weighted by molar-refractivity contribution is 7.10. The Bertz CT molecular complexity index is 547. The number of halogens is 1. The minimum Gasteiger partial charge on any atom is -0.309 e. The van der Waals surface area contributed by atoms with Crippen LogP contribution in [-0.2, 0) is 13.5 Å². The summed E-state index contributed by atoms with van der Waals surface area (Å²) in [6, 6.07) is 0.335. The molecule has 0 amide bonds. The molecule has 0 aromatic carbocycles. The van der Waals surface area contributed by atoms with Gasteiger partial charge in [-0.15, -0.1) is 11.3 Å². The topological polar surface area (TPSA) is 29.9 Å². The molecular weight excluding hydrogens is 290 g/mol. The molecule has 0 saturated carbocycles. The summed E-state index contributed by atoms with van der Waals surface area (Å²) in [6.07, 6.45) is 7.22. The van der Waals surface area contributed by atoms with Gasteiger partial charge in [0.1, 0.15) is 0 Å². The maximum absolute atomic E-state index is 6.42. The number of rotatable bonds is 7. The van der Waals surface area contributed by atoms with Gasteiger partial charge < -0.3 is 5.32 Å². The molecule has 0 bridgehead atoms. The predicted molar refractivity (Wildman–Crippen MR) is 86.6 cm³/mol. The van der Waals surface area contributed by atoms with Crippen LogP contribution in [0.15, 0.2) is 17.8 Å². The number of nitrogens with one attached hydrogen (secondary N) is 1. The van der Waals surface area contributed by atoms with Crippen LogP contribution in [0.2, 0.25) is 5.02 Å². The summed E-state index contributed by atoms with van der Waals surface area (Å²) in [5, 5.41) is 10.9.